The number of halogens is 1. The van der Waals surface area contributed by atoms with Crippen molar-refractivity contribution >= 4 is 17.5 Å². The van der Waals surface area contributed by atoms with E-state index in [9.17, 15) is 4.79 Å². The molecule has 0 aromatic heterocycles. The van der Waals surface area contributed by atoms with Gasteiger partial charge in [-0.1, -0.05) is 23.7 Å². The van der Waals surface area contributed by atoms with Crippen LogP contribution in [0.1, 0.15) is 12.0 Å². The molecule has 18 heavy (non-hydrogen) atoms. The smallest absolute Gasteiger partial charge is 0.226 e. The van der Waals surface area contributed by atoms with Crippen LogP contribution in [-0.2, 0) is 11.2 Å². The molecule has 1 aliphatic rings. The minimum atomic E-state index is 0.218. The number of hydrogen-bond acceptors (Lipinski definition) is 2. The molecule has 1 amide bonds. The maximum atomic E-state index is 12.1. The molecule has 2 rings (SSSR count). The maximum absolute atomic E-state index is 12.1. The largest absolute Gasteiger partial charge is 0.342 e. The van der Waals surface area contributed by atoms with Gasteiger partial charge >= 0.3 is 0 Å². The van der Waals surface area contributed by atoms with Crippen LogP contribution >= 0.6 is 11.6 Å². The van der Waals surface area contributed by atoms with E-state index in [1.165, 1.54) is 0 Å². The lowest BCUT2D eigenvalue weighted by molar-refractivity contribution is -0.129. The first-order chi connectivity index (χ1) is 8.69. The maximum Gasteiger partial charge on any atom is 0.226 e. The SMILES string of the molecule is CNC[C@H]1CCN(C(=O)Cc2ccc(Cl)cc2)C1. The van der Waals surface area contributed by atoms with Gasteiger partial charge in [0.1, 0.15) is 0 Å². The van der Waals surface area contributed by atoms with Crippen molar-refractivity contribution in [3.63, 3.8) is 0 Å². The van der Waals surface area contributed by atoms with E-state index in [2.05, 4.69) is 5.32 Å². The predicted octanol–water partition coefficient (Wildman–Crippen LogP) is 1.95. The van der Waals surface area contributed by atoms with Crippen LogP contribution in [0.2, 0.25) is 5.02 Å². The fraction of sp³-hybridized carbons (Fsp3) is 0.500. The fourth-order valence-electron chi connectivity index (χ4n) is 2.40. The third-order valence-corrected chi connectivity index (χ3v) is 3.65. The molecule has 0 radical (unpaired) electrons. The lowest BCUT2D eigenvalue weighted by Crippen LogP contribution is -2.31. The van der Waals surface area contributed by atoms with Crippen molar-refractivity contribution in [3.05, 3.63) is 34.9 Å². The van der Waals surface area contributed by atoms with Crippen LogP contribution in [0.3, 0.4) is 0 Å². The number of nitrogens with zero attached hydrogens (tertiary/aromatic N) is 1. The van der Waals surface area contributed by atoms with Crippen LogP contribution < -0.4 is 5.32 Å². The molecule has 1 heterocycles. The van der Waals surface area contributed by atoms with Gasteiger partial charge in [-0.3, -0.25) is 4.79 Å². The summed E-state index contributed by atoms with van der Waals surface area (Å²) >= 11 is 5.83. The van der Waals surface area contributed by atoms with Crippen molar-refractivity contribution in [3.8, 4) is 0 Å². The van der Waals surface area contributed by atoms with Gasteiger partial charge in [0.2, 0.25) is 5.91 Å². The van der Waals surface area contributed by atoms with Gasteiger partial charge in [0, 0.05) is 18.1 Å². The van der Waals surface area contributed by atoms with E-state index in [1.807, 2.05) is 36.2 Å². The predicted molar refractivity (Wildman–Crippen MR) is 73.8 cm³/mol. The van der Waals surface area contributed by atoms with Crippen LogP contribution in [0.25, 0.3) is 0 Å². The molecule has 1 atom stereocenters. The number of carbonyl (C=O) groups excluding carboxylic acids is 1. The third-order valence-electron chi connectivity index (χ3n) is 3.40. The minimum Gasteiger partial charge on any atom is -0.342 e. The Balaban J connectivity index is 1.87. The highest BCUT2D eigenvalue weighted by molar-refractivity contribution is 6.30. The standard InChI is InChI=1S/C14H19ClN2O/c1-16-9-12-6-7-17(10-12)14(18)8-11-2-4-13(15)5-3-11/h2-5,12,16H,6-10H2,1H3/t12-/m1/s1. The molecule has 0 aliphatic carbocycles. The molecule has 0 unspecified atom stereocenters. The second-order valence-electron chi connectivity index (χ2n) is 4.86. The summed E-state index contributed by atoms with van der Waals surface area (Å²) in [7, 11) is 1.96. The normalized spacial score (nSPS) is 19.2. The first-order valence-electron chi connectivity index (χ1n) is 6.36. The Morgan fingerprint density at radius 1 is 1.44 bits per heavy atom. The summed E-state index contributed by atoms with van der Waals surface area (Å²) in [6.45, 7) is 2.76. The van der Waals surface area contributed by atoms with Crippen molar-refractivity contribution in [2.75, 3.05) is 26.7 Å². The van der Waals surface area contributed by atoms with E-state index in [0.717, 1.165) is 31.6 Å². The Labute approximate surface area is 113 Å². The van der Waals surface area contributed by atoms with Gasteiger partial charge in [0.25, 0.3) is 0 Å². The van der Waals surface area contributed by atoms with Gasteiger partial charge in [-0.25, -0.2) is 0 Å². The van der Waals surface area contributed by atoms with E-state index >= 15 is 0 Å². The Morgan fingerprint density at radius 3 is 2.83 bits per heavy atom. The molecular weight excluding hydrogens is 248 g/mol. The zero-order valence-electron chi connectivity index (χ0n) is 10.7. The van der Waals surface area contributed by atoms with Crippen molar-refractivity contribution in [2.45, 2.75) is 12.8 Å². The summed E-state index contributed by atoms with van der Waals surface area (Å²) in [5.41, 5.74) is 1.03. The average Bonchev–Trinajstić information content (AvgIpc) is 2.81. The van der Waals surface area contributed by atoms with Crippen molar-refractivity contribution in [1.82, 2.24) is 10.2 Å². The molecule has 4 heteroatoms. The number of likely N-dealkylation sites (tertiary alicyclic amines) is 1. The number of amides is 1. The third kappa shape index (κ3) is 3.47. The number of rotatable bonds is 4. The van der Waals surface area contributed by atoms with Crippen molar-refractivity contribution < 1.29 is 4.79 Å². The minimum absolute atomic E-state index is 0.218. The number of hydrogen-bond donors (Lipinski definition) is 1. The quantitative estimate of drug-likeness (QED) is 0.904. The molecule has 1 N–H and O–H groups in total. The van der Waals surface area contributed by atoms with Crippen LogP contribution in [0.4, 0.5) is 0 Å². The molecule has 1 saturated heterocycles. The van der Waals surface area contributed by atoms with Crippen LogP contribution in [0, 0.1) is 5.92 Å². The average molecular weight is 267 g/mol. The van der Waals surface area contributed by atoms with E-state index in [-0.39, 0.29) is 5.91 Å². The first kappa shape index (κ1) is 13.4. The zero-order valence-corrected chi connectivity index (χ0v) is 11.4. The van der Waals surface area contributed by atoms with E-state index in [1.54, 1.807) is 0 Å². The Morgan fingerprint density at radius 2 is 2.17 bits per heavy atom. The molecule has 1 aromatic carbocycles. The Hall–Kier alpha value is -1.06. The molecule has 98 valence electrons. The molecule has 1 aromatic rings. The second-order valence-corrected chi connectivity index (χ2v) is 5.29. The van der Waals surface area contributed by atoms with Crippen LogP contribution in [0.5, 0.6) is 0 Å². The molecule has 0 bridgehead atoms. The molecule has 1 aliphatic heterocycles. The summed E-state index contributed by atoms with van der Waals surface area (Å²) in [6, 6.07) is 7.50. The monoisotopic (exact) mass is 266 g/mol. The Kier molecular flexibility index (Phi) is 4.61. The lowest BCUT2D eigenvalue weighted by Gasteiger charge is -2.16. The highest BCUT2D eigenvalue weighted by Crippen LogP contribution is 2.17. The highest BCUT2D eigenvalue weighted by Gasteiger charge is 2.25. The van der Waals surface area contributed by atoms with Gasteiger partial charge in [-0.05, 0) is 43.6 Å². The van der Waals surface area contributed by atoms with Crippen molar-refractivity contribution in [2.24, 2.45) is 5.92 Å². The first-order valence-corrected chi connectivity index (χ1v) is 6.73. The van der Waals surface area contributed by atoms with Crippen LogP contribution in [0.15, 0.2) is 24.3 Å². The van der Waals surface area contributed by atoms with Crippen molar-refractivity contribution in [1.29, 1.82) is 0 Å². The summed E-state index contributed by atoms with van der Waals surface area (Å²) in [5, 5.41) is 3.88. The molecule has 0 saturated carbocycles. The van der Waals surface area contributed by atoms with Gasteiger partial charge in [-0.2, -0.15) is 0 Å². The number of benzene rings is 1. The summed E-state index contributed by atoms with van der Waals surface area (Å²) < 4.78 is 0. The molecule has 3 nitrogen and oxygen atoms in total. The summed E-state index contributed by atoms with van der Waals surface area (Å²) in [5.74, 6) is 0.820. The summed E-state index contributed by atoms with van der Waals surface area (Å²) in [6.07, 6.45) is 1.58. The number of carbonyl (C=O) groups is 1. The summed E-state index contributed by atoms with van der Waals surface area (Å²) in [4.78, 5) is 14.1. The molecule has 1 fully saturated rings. The van der Waals surface area contributed by atoms with Gasteiger partial charge in [0.05, 0.1) is 6.42 Å². The Bertz CT molecular complexity index is 405. The van der Waals surface area contributed by atoms with E-state index < -0.39 is 0 Å². The highest BCUT2D eigenvalue weighted by atomic mass is 35.5. The lowest BCUT2D eigenvalue weighted by atomic mass is 10.1. The molecular formula is C14H19ClN2O. The van der Waals surface area contributed by atoms with E-state index in [0.29, 0.717) is 17.4 Å². The topological polar surface area (TPSA) is 32.3 Å². The van der Waals surface area contributed by atoms with Crippen LogP contribution in [-0.4, -0.2) is 37.5 Å². The second kappa shape index (κ2) is 6.21. The van der Waals surface area contributed by atoms with Gasteiger partial charge < -0.3 is 10.2 Å². The fourth-order valence-corrected chi connectivity index (χ4v) is 2.53. The number of nitrogens with one attached hydrogen (secondary N) is 1. The van der Waals surface area contributed by atoms with E-state index in [4.69, 9.17) is 11.6 Å². The van der Waals surface area contributed by atoms with Gasteiger partial charge in [0.15, 0.2) is 0 Å². The molecule has 0 spiro atoms. The van der Waals surface area contributed by atoms with Gasteiger partial charge in [-0.15, -0.1) is 0 Å². The zero-order chi connectivity index (χ0) is 13.0.